The molecule has 6 nitrogen and oxygen atoms in total. The largest absolute Gasteiger partial charge is 0.481 e. The SMILES string of the molecule is C=C1C[C@]23C[C@@]1(O)CCC2C12C=C[C@H](O)[C@](C)(C(=O)O1)C2C3C(=O)O. The van der Waals surface area contributed by atoms with Crippen LogP contribution in [0.1, 0.15) is 32.6 Å². The molecule has 5 aliphatic rings. The highest BCUT2D eigenvalue weighted by Crippen LogP contribution is 2.77. The molecule has 8 atom stereocenters. The molecule has 25 heavy (non-hydrogen) atoms. The first-order chi connectivity index (χ1) is 11.6. The first-order valence-corrected chi connectivity index (χ1v) is 8.86. The average molecular weight is 346 g/mol. The first-order valence-electron chi connectivity index (χ1n) is 8.86. The van der Waals surface area contributed by atoms with E-state index in [0.717, 1.165) is 0 Å². The van der Waals surface area contributed by atoms with Gasteiger partial charge in [0.1, 0.15) is 11.0 Å². The average Bonchev–Trinajstić information content (AvgIpc) is 2.95. The third-order valence-electron chi connectivity index (χ3n) is 8.12. The molecule has 5 rings (SSSR count). The van der Waals surface area contributed by atoms with Gasteiger partial charge in [-0.2, -0.15) is 0 Å². The number of carboxylic acid groups (broad SMARTS) is 1. The van der Waals surface area contributed by atoms with Crippen molar-refractivity contribution in [2.75, 3.05) is 0 Å². The Hall–Kier alpha value is -1.66. The predicted molar refractivity (Wildman–Crippen MR) is 85.2 cm³/mol. The number of aliphatic hydroxyl groups is 2. The minimum absolute atomic E-state index is 0.180. The Labute approximate surface area is 145 Å². The summed E-state index contributed by atoms with van der Waals surface area (Å²) < 4.78 is 5.87. The van der Waals surface area contributed by atoms with Crippen molar-refractivity contribution in [2.45, 2.75) is 49.9 Å². The summed E-state index contributed by atoms with van der Waals surface area (Å²) in [6.45, 7) is 5.64. The van der Waals surface area contributed by atoms with E-state index in [-0.39, 0.29) is 5.92 Å². The van der Waals surface area contributed by atoms with Crippen molar-refractivity contribution in [1.82, 2.24) is 0 Å². The second-order valence-electron chi connectivity index (χ2n) is 8.94. The topological polar surface area (TPSA) is 104 Å². The summed E-state index contributed by atoms with van der Waals surface area (Å²) >= 11 is 0. The summed E-state index contributed by atoms with van der Waals surface area (Å²) in [6, 6.07) is 0. The Bertz CT molecular complexity index is 772. The molecule has 4 aliphatic carbocycles. The van der Waals surface area contributed by atoms with E-state index in [1.807, 2.05) is 0 Å². The number of ether oxygens (including phenoxy) is 1. The Morgan fingerprint density at radius 1 is 1.44 bits per heavy atom. The van der Waals surface area contributed by atoms with Crippen molar-refractivity contribution in [3.8, 4) is 0 Å². The standard InChI is InChI=1S/C19H22O6/c1-9-7-17-8-18(9,24)5-3-10(17)19-6-4-11(20)16(2,15(23)25-19)13(19)12(17)14(21)22/h4,6,10-13,20,24H,1,3,5,7-8H2,2H3,(H,21,22)/t10?,11-,12?,13?,16-,17-,18-,19?/m0/s1. The van der Waals surface area contributed by atoms with E-state index in [1.54, 1.807) is 19.1 Å². The molecular formula is C19H22O6. The van der Waals surface area contributed by atoms with E-state index >= 15 is 0 Å². The number of carbonyl (C=O) groups is 2. The van der Waals surface area contributed by atoms with Gasteiger partial charge in [-0.3, -0.25) is 9.59 Å². The molecule has 3 saturated carbocycles. The third-order valence-corrected chi connectivity index (χ3v) is 8.12. The summed E-state index contributed by atoms with van der Waals surface area (Å²) in [4.78, 5) is 25.1. The van der Waals surface area contributed by atoms with Crippen LogP contribution in [0.2, 0.25) is 0 Å². The third kappa shape index (κ3) is 1.36. The van der Waals surface area contributed by atoms with Crippen LogP contribution in [-0.2, 0) is 14.3 Å². The zero-order valence-corrected chi connectivity index (χ0v) is 14.1. The van der Waals surface area contributed by atoms with Crippen molar-refractivity contribution in [3.05, 3.63) is 24.3 Å². The van der Waals surface area contributed by atoms with Gasteiger partial charge in [0.25, 0.3) is 0 Å². The minimum atomic E-state index is -1.27. The van der Waals surface area contributed by atoms with Gasteiger partial charge < -0.3 is 20.1 Å². The molecule has 0 radical (unpaired) electrons. The molecule has 3 N–H and O–H groups in total. The van der Waals surface area contributed by atoms with Gasteiger partial charge in [-0.1, -0.05) is 12.7 Å². The smallest absolute Gasteiger partial charge is 0.316 e. The number of hydrogen-bond donors (Lipinski definition) is 3. The van der Waals surface area contributed by atoms with Crippen LogP contribution in [0.4, 0.5) is 0 Å². The van der Waals surface area contributed by atoms with Crippen molar-refractivity contribution in [2.24, 2.45) is 28.6 Å². The van der Waals surface area contributed by atoms with E-state index in [1.165, 1.54) is 0 Å². The molecule has 1 saturated heterocycles. The van der Waals surface area contributed by atoms with Crippen molar-refractivity contribution < 1.29 is 29.6 Å². The van der Waals surface area contributed by atoms with Gasteiger partial charge in [0.2, 0.25) is 0 Å². The number of fused-ring (bicyclic) bond motifs is 1. The van der Waals surface area contributed by atoms with Crippen molar-refractivity contribution in [1.29, 1.82) is 0 Å². The molecule has 4 unspecified atom stereocenters. The van der Waals surface area contributed by atoms with E-state index in [0.29, 0.717) is 31.3 Å². The van der Waals surface area contributed by atoms with E-state index < -0.39 is 51.9 Å². The molecule has 6 heteroatoms. The number of carbonyl (C=O) groups excluding carboxylic acids is 1. The molecule has 0 aromatic carbocycles. The normalized spacial score (nSPS) is 58.0. The Morgan fingerprint density at radius 3 is 2.84 bits per heavy atom. The summed E-state index contributed by atoms with van der Waals surface area (Å²) in [5.41, 5.74) is -3.29. The number of rotatable bonds is 1. The number of carboxylic acids is 1. The molecule has 4 bridgehead atoms. The minimum Gasteiger partial charge on any atom is -0.481 e. The van der Waals surface area contributed by atoms with Crippen LogP contribution in [-0.4, -0.2) is 44.6 Å². The van der Waals surface area contributed by atoms with Gasteiger partial charge in [0.05, 0.1) is 17.6 Å². The van der Waals surface area contributed by atoms with Gasteiger partial charge in [-0.15, -0.1) is 0 Å². The molecule has 4 fully saturated rings. The highest BCUT2D eigenvalue weighted by atomic mass is 16.6. The zero-order valence-electron chi connectivity index (χ0n) is 14.1. The Kier molecular flexibility index (Phi) is 2.50. The fourth-order valence-corrected chi connectivity index (χ4v) is 7.13. The quantitative estimate of drug-likeness (QED) is 0.484. The van der Waals surface area contributed by atoms with Crippen LogP contribution >= 0.6 is 0 Å². The second kappa shape index (κ2) is 4.01. The van der Waals surface area contributed by atoms with Crippen molar-refractivity contribution in [3.63, 3.8) is 0 Å². The van der Waals surface area contributed by atoms with Gasteiger partial charge in [0, 0.05) is 11.8 Å². The fourth-order valence-electron chi connectivity index (χ4n) is 7.13. The van der Waals surface area contributed by atoms with Crippen molar-refractivity contribution >= 4 is 11.9 Å². The zero-order chi connectivity index (χ0) is 18.0. The predicted octanol–water partition coefficient (Wildman–Crippen LogP) is 1.03. The Balaban J connectivity index is 1.78. The molecule has 0 amide bonds. The lowest BCUT2D eigenvalue weighted by Crippen LogP contribution is -2.50. The highest BCUT2D eigenvalue weighted by molar-refractivity contribution is 5.86. The van der Waals surface area contributed by atoms with Gasteiger partial charge >= 0.3 is 11.9 Å². The monoisotopic (exact) mass is 346 g/mol. The Morgan fingerprint density at radius 2 is 2.16 bits per heavy atom. The summed E-state index contributed by atoms with van der Waals surface area (Å²) in [5, 5.41) is 31.6. The van der Waals surface area contributed by atoms with E-state index in [2.05, 4.69) is 6.58 Å². The van der Waals surface area contributed by atoms with Crippen LogP contribution < -0.4 is 0 Å². The molecule has 0 aromatic heterocycles. The van der Waals surface area contributed by atoms with Crippen LogP contribution in [0.3, 0.4) is 0 Å². The van der Waals surface area contributed by atoms with Crippen LogP contribution in [0.15, 0.2) is 24.3 Å². The second-order valence-corrected chi connectivity index (χ2v) is 8.94. The first kappa shape index (κ1) is 15.6. The molecule has 134 valence electrons. The maximum Gasteiger partial charge on any atom is 0.316 e. The van der Waals surface area contributed by atoms with Gasteiger partial charge in [0.15, 0.2) is 0 Å². The van der Waals surface area contributed by atoms with Crippen LogP contribution in [0, 0.1) is 28.6 Å². The van der Waals surface area contributed by atoms with Gasteiger partial charge in [-0.25, -0.2) is 0 Å². The summed E-state index contributed by atoms with van der Waals surface area (Å²) in [5.74, 6) is -3.18. The number of hydrogen-bond acceptors (Lipinski definition) is 5. The number of esters is 1. The lowest BCUT2D eigenvalue weighted by molar-refractivity contribution is -0.163. The number of aliphatic carboxylic acids is 1. The summed E-state index contributed by atoms with van der Waals surface area (Å²) in [7, 11) is 0. The lowest BCUT2D eigenvalue weighted by atomic mass is 9.61. The highest BCUT2D eigenvalue weighted by Gasteiger charge is 2.83. The molecule has 0 aromatic rings. The molecule has 1 spiro atoms. The van der Waals surface area contributed by atoms with E-state index in [4.69, 9.17) is 4.74 Å². The lowest BCUT2D eigenvalue weighted by Gasteiger charge is -2.44. The fraction of sp³-hybridized carbons (Fsp3) is 0.684. The maximum atomic E-state index is 12.7. The maximum absolute atomic E-state index is 12.7. The van der Waals surface area contributed by atoms with Crippen LogP contribution in [0.25, 0.3) is 0 Å². The van der Waals surface area contributed by atoms with Crippen LogP contribution in [0.5, 0.6) is 0 Å². The van der Waals surface area contributed by atoms with E-state index in [9.17, 15) is 24.9 Å². The molecule has 1 heterocycles. The molecular weight excluding hydrogens is 324 g/mol. The summed E-state index contributed by atoms with van der Waals surface area (Å²) in [6.07, 6.45) is 4.11. The molecule has 1 aliphatic heterocycles. The van der Waals surface area contributed by atoms with Gasteiger partial charge in [-0.05, 0) is 49.7 Å². The number of aliphatic hydroxyl groups excluding tert-OH is 1.